The lowest BCUT2D eigenvalue weighted by Gasteiger charge is -2.18. The summed E-state index contributed by atoms with van der Waals surface area (Å²) in [7, 11) is 0. The van der Waals surface area contributed by atoms with Crippen LogP contribution >= 0.6 is 31.9 Å². The van der Waals surface area contributed by atoms with Crippen molar-refractivity contribution in [2.24, 2.45) is 11.8 Å². The molecule has 1 aromatic rings. The lowest BCUT2D eigenvalue weighted by molar-refractivity contribution is 0.0797. The van der Waals surface area contributed by atoms with Gasteiger partial charge in [-0.2, -0.15) is 0 Å². The average molecular weight is 350 g/mol. The average Bonchev–Trinajstić information content (AvgIpc) is 2.26. The minimum Gasteiger partial charge on any atom is -0.376 e. The van der Waals surface area contributed by atoms with Crippen molar-refractivity contribution < 1.29 is 4.74 Å². The van der Waals surface area contributed by atoms with Gasteiger partial charge in [0, 0.05) is 9.80 Å². The van der Waals surface area contributed by atoms with Gasteiger partial charge >= 0.3 is 0 Å². The Bertz CT molecular complexity index is 313. The van der Waals surface area contributed by atoms with Gasteiger partial charge in [0.2, 0.25) is 0 Å². The van der Waals surface area contributed by atoms with E-state index < -0.39 is 0 Å². The monoisotopic (exact) mass is 348 g/mol. The van der Waals surface area contributed by atoms with Gasteiger partial charge < -0.3 is 4.74 Å². The van der Waals surface area contributed by atoms with Crippen LogP contribution in [0, 0.1) is 11.8 Å². The first-order valence-corrected chi connectivity index (χ1v) is 7.43. The maximum Gasteiger partial charge on any atom is 0.0727 e. The van der Waals surface area contributed by atoms with Crippen LogP contribution in [0.4, 0.5) is 0 Å². The molecule has 0 aliphatic heterocycles. The predicted molar refractivity (Wildman–Crippen MR) is 75.9 cm³/mol. The van der Waals surface area contributed by atoms with E-state index in [9.17, 15) is 0 Å². The fourth-order valence-corrected chi connectivity index (χ4v) is 2.68. The van der Waals surface area contributed by atoms with Crippen LogP contribution < -0.4 is 0 Å². The van der Waals surface area contributed by atoms with Crippen LogP contribution in [0.2, 0.25) is 0 Å². The fourth-order valence-electron chi connectivity index (χ4n) is 1.35. The molecule has 0 aliphatic rings. The molecular weight excluding hydrogens is 332 g/mol. The van der Waals surface area contributed by atoms with Crippen molar-refractivity contribution in [1.82, 2.24) is 0 Å². The smallest absolute Gasteiger partial charge is 0.0727 e. The highest BCUT2D eigenvalue weighted by molar-refractivity contribution is 9.10. The Morgan fingerprint density at radius 2 is 1.94 bits per heavy atom. The SMILES string of the molecule is CC(C)C(CBr)COCc1ccccc1Br. The van der Waals surface area contributed by atoms with Crippen molar-refractivity contribution in [3.8, 4) is 0 Å². The van der Waals surface area contributed by atoms with Gasteiger partial charge in [0.15, 0.2) is 0 Å². The first-order valence-electron chi connectivity index (χ1n) is 5.52. The molecular formula is C13H18Br2O. The first kappa shape index (κ1) is 14.2. The molecule has 0 saturated carbocycles. The highest BCUT2D eigenvalue weighted by Gasteiger charge is 2.12. The van der Waals surface area contributed by atoms with Crippen molar-refractivity contribution in [2.75, 3.05) is 11.9 Å². The van der Waals surface area contributed by atoms with Gasteiger partial charge in [-0.15, -0.1) is 0 Å². The summed E-state index contributed by atoms with van der Waals surface area (Å²) in [6.07, 6.45) is 0. The van der Waals surface area contributed by atoms with E-state index in [-0.39, 0.29) is 0 Å². The topological polar surface area (TPSA) is 9.23 Å². The Morgan fingerprint density at radius 1 is 1.25 bits per heavy atom. The van der Waals surface area contributed by atoms with E-state index in [1.54, 1.807) is 0 Å². The highest BCUT2D eigenvalue weighted by atomic mass is 79.9. The molecule has 0 aliphatic carbocycles. The summed E-state index contributed by atoms with van der Waals surface area (Å²) in [5.41, 5.74) is 1.21. The summed E-state index contributed by atoms with van der Waals surface area (Å²) in [6.45, 7) is 5.95. The molecule has 1 rings (SSSR count). The molecule has 1 unspecified atom stereocenters. The minimum atomic E-state index is 0.586. The Morgan fingerprint density at radius 3 is 2.50 bits per heavy atom. The van der Waals surface area contributed by atoms with Crippen molar-refractivity contribution in [1.29, 1.82) is 0 Å². The molecule has 16 heavy (non-hydrogen) atoms. The molecule has 3 heteroatoms. The van der Waals surface area contributed by atoms with Crippen molar-refractivity contribution in [3.05, 3.63) is 34.3 Å². The van der Waals surface area contributed by atoms with Gasteiger partial charge in [0.25, 0.3) is 0 Å². The Kier molecular flexibility index (Phi) is 6.62. The van der Waals surface area contributed by atoms with Crippen molar-refractivity contribution >= 4 is 31.9 Å². The molecule has 0 saturated heterocycles. The number of halogens is 2. The molecule has 0 aromatic heterocycles. The normalized spacial score (nSPS) is 13.1. The number of benzene rings is 1. The first-order chi connectivity index (χ1) is 7.65. The predicted octanol–water partition coefficient (Wildman–Crippen LogP) is 4.63. The number of hydrogen-bond donors (Lipinski definition) is 0. The van der Waals surface area contributed by atoms with Crippen LogP contribution in [-0.4, -0.2) is 11.9 Å². The summed E-state index contributed by atoms with van der Waals surface area (Å²) in [6, 6.07) is 8.18. The van der Waals surface area contributed by atoms with Crippen molar-refractivity contribution in [3.63, 3.8) is 0 Å². The van der Waals surface area contributed by atoms with Crippen LogP contribution in [0.15, 0.2) is 28.7 Å². The third-order valence-corrected chi connectivity index (χ3v) is 4.29. The Balaban J connectivity index is 2.38. The van der Waals surface area contributed by atoms with E-state index in [2.05, 4.69) is 51.8 Å². The molecule has 0 spiro atoms. The second-order valence-electron chi connectivity index (χ2n) is 4.26. The van der Waals surface area contributed by atoms with E-state index in [0.29, 0.717) is 18.4 Å². The molecule has 0 amide bonds. The van der Waals surface area contributed by atoms with Gasteiger partial charge in [-0.05, 0) is 23.5 Å². The van der Waals surface area contributed by atoms with E-state index in [1.165, 1.54) is 5.56 Å². The zero-order chi connectivity index (χ0) is 12.0. The Labute approximate surface area is 115 Å². The van der Waals surface area contributed by atoms with Crippen LogP contribution in [0.3, 0.4) is 0 Å². The van der Waals surface area contributed by atoms with Gasteiger partial charge in [-0.25, -0.2) is 0 Å². The van der Waals surface area contributed by atoms with E-state index >= 15 is 0 Å². The lowest BCUT2D eigenvalue weighted by Crippen LogP contribution is -2.17. The maximum atomic E-state index is 5.75. The quantitative estimate of drug-likeness (QED) is 0.680. The zero-order valence-electron chi connectivity index (χ0n) is 9.75. The molecule has 0 radical (unpaired) electrons. The van der Waals surface area contributed by atoms with Gasteiger partial charge in [0.1, 0.15) is 0 Å². The lowest BCUT2D eigenvalue weighted by atomic mass is 9.99. The number of alkyl halides is 1. The molecule has 0 fully saturated rings. The summed E-state index contributed by atoms with van der Waals surface area (Å²) >= 11 is 7.05. The summed E-state index contributed by atoms with van der Waals surface area (Å²) in [5.74, 6) is 1.24. The molecule has 0 heterocycles. The molecule has 1 aromatic carbocycles. The third-order valence-electron chi connectivity index (χ3n) is 2.69. The second kappa shape index (κ2) is 7.46. The summed E-state index contributed by atoms with van der Waals surface area (Å²) in [4.78, 5) is 0. The van der Waals surface area contributed by atoms with Gasteiger partial charge in [-0.1, -0.05) is 63.9 Å². The van der Waals surface area contributed by atoms with E-state index in [0.717, 1.165) is 16.4 Å². The van der Waals surface area contributed by atoms with Crippen LogP contribution in [0.25, 0.3) is 0 Å². The van der Waals surface area contributed by atoms with Gasteiger partial charge in [0.05, 0.1) is 13.2 Å². The van der Waals surface area contributed by atoms with Crippen molar-refractivity contribution in [2.45, 2.75) is 20.5 Å². The molecule has 1 nitrogen and oxygen atoms in total. The van der Waals surface area contributed by atoms with E-state index in [1.807, 2.05) is 18.2 Å². The maximum absolute atomic E-state index is 5.75. The number of ether oxygens (including phenoxy) is 1. The molecule has 0 N–H and O–H groups in total. The minimum absolute atomic E-state index is 0.586. The number of hydrogen-bond acceptors (Lipinski definition) is 1. The van der Waals surface area contributed by atoms with Crippen LogP contribution in [-0.2, 0) is 11.3 Å². The summed E-state index contributed by atoms with van der Waals surface area (Å²) < 4.78 is 6.88. The largest absolute Gasteiger partial charge is 0.376 e. The highest BCUT2D eigenvalue weighted by Crippen LogP contribution is 2.18. The number of rotatable bonds is 6. The molecule has 1 atom stereocenters. The fraction of sp³-hybridized carbons (Fsp3) is 0.538. The van der Waals surface area contributed by atoms with Crippen LogP contribution in [0.5, 0.6) is 0 Å². The van der Waals surface area contributed by atoms with Gasteiger partial charge in [-0.3, -0.25) is 0 Å². The van der Waals surface area contributed by atoms with Crippen LogP contribution in [0.1, 0.15) is 19.4 Å². The third kappa shape index (κ3) is 4.56. The molecule has 0 bridgehead atoms. The zero-order valence-corrected chi connectivity index (χ0v) is 12.9. The second-order valence-corrected chi connectivity index (χ2v) is 5.77. The summed E-state index contributed by atoms with van der Waals surface area (Å²) in [5, 5.41) is 1.00. The molecule has 90 valence electrons. The standard InChI is InChI=1S/C13H18Br2O/c1-10(2)12(7-14)9-16-8-11-5-3-4-6-13(11)15/h3-6,10,12H,7-9H2,1-2H3. The Hall–Kier alpha value is 0.140. The van der Waals surface area contributed by atoms with E-state index in [4.69, 9.17) is 4.74 Å².